The molecule has 0 aromatic rings. The molecule has 0 amide bonds. The van der Waals surface area contributed by atoms with Crippen molar-refractivity contribution in [3.8, 4) is 0 Å². The van der Waals surface area contributed by atoms with Gasteiger partial charge in [-0.05, 0) is 33.9 Å². The van der Waals surface area contributed by atoms with Gasteiger partial charge >= 0.3 is 5.97 Å². The smallest absolute Gasteiger partial charge is 0.326 e. The Hall–Kier alpha value is -0.570. The fourth-order valence-electron chi connectivity index (χ4n) is 0.993. The Labute approximate surface area is 81.1 Å². The minimum atomic E-state index is -0.477. The highest BCUT2D eigenvalue weighted by Crippen LogP contribution is 2.17. The third kappa shape index (κ3) is 2.99. The normalized spacial score (nSPS) is 15.5. The SMILES string of the molecule is CCCOC(=O)C(C)(CC)N(C)C. The molecule has 0 aliphatic heterocycles. The molecule has 0 fully saturated rings. The molecule has 0 aliphatic rings. The van der Waals surface area contributed by atoms with Crippen LogP contribution in [0.1, 0.15) is 33.6 Å². The number of carbonyl (C=O) groups excluding carboxylic acids is 1. The van der Waals surface area contributed by atoms with Crippen LogP contribution in [0.4, 0.5) is 0 Å². The Balaban J connectivity index is 4.30. The van der Waals surface area contributed by atoms with Crippen LogP contribution in [-0.4, -0.2) is 37.1 Å². The maximum Gasteiger partial charge on any atom is 0.326 e. The number of rotatable bonds is 5. The highest BCUT2D eigenvalue weighted by Gasteiger charge is 2.34. The zero-order chi connectivity index (χ0) is 10.5. The van der Waals surface area contributed by atoms with Crippen LogP contribution in [-0.2, 0) is 9.53 Å². The van der Waals surface area contributed by atoms with Crippen LogP contribution in [0.2, 0.25) is 0 Å². The van der Waals surface area contributed by atoms with E-state index in [1.54, 1.807) is 0 Å². The lowest BCUT2D eigenvalue weighted by molar-refractivity contribution is -0.156. The number of carbonyl (C=O) groups is 1. The maximum absolute atomic E-state index is 11.6. The van der Waals surface area contributed by atoms with Crippen molar-refractivity contribution >= 4 is 5.97 Å². The fourth-order valence-corrected chi connectivity index (χ4v) is 0.993. The number of esters is 1. The van der Waals surface area contributed by atoms with Gasteiger partial charge in [0.25, 0.3) is 0 Å². The predicted octanol–water partition coefficient (Wildman–Crippen LogP) is 1.67. The zero-order valence-electron chi connectivity index (χ0n) is 9.39. The van der Waals surface area contributed by atoms with Crippen LogP contribution in [0.3, 0.4) is 0 Å². The predicted molar refractivity (Wildman–Crippen MR) is 53.6 cm³/mol. The van der Waals surface area contributed by atoms with Gasteiger partial charge in [-0.2, -0.15) is 0 Å². The molecule has 13 heavy (non-hydrogen) atoms. The minimum Gasteiger partial charge on any atom is -0.464 e. The Morgan fingerprint density at radius 1 is 1.38 bits per heavy atom. The van der Waals surface area contributed by atoms with E-state index in [4.69, 9.17) is 4.74 Å². The lowest BCUT2D eigenvalue weighted by Gasteiger charge is -2.32. The van der Waals surface area contributed by atoms with Gasteiger partial charge in [-0.25, -0.2) is 0 Å². The van der Waals surface area contributed by atoms with Gasteiger partial charge in [0, 0.05) is 0 Å². The Morgan fingerprint density at radius 3 is 2.23 bits per heavy atom. The van der Waals surface area contributed by atoms with Crippen molar-refractivity contribution in [2.75, 3.05) is 20.7 Å². The van der Waals surface area contributed by atoms with E-state index < -0.39 is 5.54 Å². The zero-order valence-corrected chi connectivity index (χ0v) is 9.39. The number of nitrogens with zero attached hydrogens (tertiary/aromatic N) is 1. The van der Waals surface area contributed by atoms with Crippen LogP contribution < -0.4 is 0 Å². The summed E-state index contributed by atoms with van der Waals surface area (Å²) < 4.78 is 5.13. The van der Waals surface area contributed by atoms with Gasteiger partial charge < -0.3 is 4.74 Å². The summed E-state index contributed by atoms with van der Waals surface area (Å²) in [6.45, 7) is 6.41. The Bertz CT molecular complexity index is 168. The molecule has 0 saturated heterocycles. The summed E-state index contributed by atoms with van der Waals surface area (Å²) in [5, 5.41) is 0. The summed E-state index contributed by atoms with van der Waals surface area (Å²) in [6, 6.07) is 0. The number of likely N-dealkylation sites (N-methyl/N-ethyl adjacent to an activating group) is 1. The summed E-state index contributed by atoms with van der Waals surface area (Å²) in [5.41, 5.74) is -0.477. The standard InChI is InChI=1S/C10H21NO2/c1-6-8-13-9(12)10(3,7-2)11(4)5/h6-8H2,1-5H3. The van der Waals surface area contributed by atoms with E-state index in [2.05, 4.69) is 0 Å². The van der Waals surface area contributed by atoms with Gasteiger partial charge in [-0.1, -0.05) is 13.8 Å². The molecule has 3 nitrogen and oxygen atoms in total. The quantitative estimate of drug-likeness (QED) is 0.613. The van der Waals surface area contributed by atoms with E-state index in [1.807, 2.05) is 39.8 Å². The molecule has 0 rings (SSSR count). The monoisotopic (exact) mass is 187 g/mol. The molecule has 1 atom stereocenters. The van der Waals surface area contributed by atoms with Crippen molar-refractivity contribution in [1.82, 2.24) is 4.90 Å². The summed E-state index contributed by atoms with van der Waals surface area (Å²) in [6.07, 6.45) is 1.64. The van der Waals surface area contributed by atoms with Gasteiger partial charge in [0.15, 0.2) is 0 Å². The van der Waals surface area contributed by atoms with Crippen molar-refractivity contribution in [1.29, 1.82) is 0 Å². The average Bonchev–Trinajstić information content (AvgIpc) is 2.12. The van der Waals surface area contributed by atoms with Gasteiger partial charge in [0.1, 0.15) is 5.54 Å². The van der Waals surface area contributed by atoms with Crippen LogP contribution in [0.15, 0.2) is 0 Å². The van der Waals surface area contributed by atoms with Crippen LogP contribution in [0, 0.1) is 0 Å². The van der Waals surface area contributed by atoms with Gasteiger partial charge in [-0.3, -0.25) is 9.69 Å². The highest BCUT2D eigenvalue weighted by atomic mass is 16.5. The minimum absolute atomic E-state index is 0.123. The highest BCUT2D eigenvalue weighted by molar-refractivity contribution is 5.80. The third-order valence-electron chi connectivity index (χ3n) is 2.55. The lowest BCUT2D eigenvalue weighted by Crippen LogP contribution is -2.49. The first-order valence-corrected chi connectivity index (χ1v) is 4.83. The first-order chi connectivity index (χ1) is 5.99. The van der Waals surface area contributed by atoms with E-state index in [-0.39, 0.29) is 5.97 Å². The molecule has 0 aliphatic carbocycles. The summed E-state index contributed by atoms with van der Waals surface area (Å²) in [5.74, 6) is -0.123. The maximum atomic E-state index is 11.6. The molecule has 0 spiro atoms. The number of ether oxygens (including phenoxy) is 1. The van der Waals surface area contributed by atoms with E-state index in [0.29, 0.717) is 6.61 Å². The molecule has 0 heterocycles. The van der Waals surface area contributed by atoms with E-state index in [1.165, 1.54) is 0 Å². The molecule has 0 bridgehead atoms. The molecule has 78 valence electrons. The second-order valence-electron chi connectivity index (χ2n) is 3.66. The Morgan fingerprint density at radius 2 is 1.92 bits per heavy atom. The molecular formula is C10H21NO2. The molecule has 1 unspecified atom stereocenters. The molecule has 3 heteroatoms. The molecule has 0 saturated carbocycles. The van der Waals surface area contributed by atoms with Crippen molar-refractivity contribution in [3.63, 3.8) is 0 Å². The molecule has 0 radical (unpaired) electrons. The topological polar surface area (TPSA) is 29.5 Å². The van der Waals surface area contributed by atoms with Gasteiger partial charge in [0.2, 0.25) is 0 Å². The van der Waals surface area contributed by atoms with Crippen LogP contribution >= 0.6 is 0 Å². The molecular weight excluding hydrogens is 166 g/mol. The third-order valence-corrected chi connectivity index (χ3v) is 2.55. The van der Waals surface area contributed by atoms with Crippen molar-refractivity contribution < 1.29 is 9.53 Å². The largest absolute Gasteiger partial charge is 0.464 e. The number of hydrogen-bond acceptors (Lipinski definition) is 3. The van der Waals surface area contributed by atoms with Crippen molar-refractivity contribution in [2.24, 2.45) is 0 Å². The van der Waals surface area contributed by atoms with E-state index >= 15 is 0 Å². The van der Waals surface area contributed by atoms with Crippen molar-refractivity contribution in [2.45, 2.75) is 39.2 Å². The fraction of sp³-hybridized carbons (Fsp3) is 0.900. The Kier molecular flexibility index (Phi) is 4.99. The average molecular weight is 187 g/mol. The van der Waals surface area contributed by atoms with Gasteiger partial charge in [-0.15, -0.1) is 0 Å². The number of hydrogen-bond donors (Lipinski definition) is 0. The first kappa shape index (κ1) is 12.4. The van der Waals surface area contributed by atoms with E-state index in [9.17, 15) is 4.79 Å². The lowest BCUT2D eigenvalue weighted by atomic mass is 9.98. The summed E-state index contributed by atoms with van der Waals surface area (Å²) >= 11 is 0. The van der Waals surface area contributed by atoms with E-state index in [0.717, 1.165) is 12.8 Å². The van der Waals surface area contributed by atoms with Crippen molar-refractivity contribution in [3.05, 3.63) is 0 Å². The second kappa shape index (κ2) is 5.22. The van der Waals surface area contributed by atoms with Gasteiger partial charge in [0.05, 0.1) is 6.61 Å². The van der Waals surface area contributed by atoms with Crippen LogP contribution in [0.25, 0.3) is 0 Å². The summed E-state index contributed by atoms with van der Waals surface area (Å²) in [7, 11) is 3.80. The first-order valence-electron chi connectivity index (χ1n) is 4.83. The molecule has 0 aromatic heterocycles. The second-order valence-corrected chi connectivity index (χ2v) is 3.66. The summed E-state index contributed by atoms with van der Waals surface area (Å²) in [4.78, 5) is 13.5. The van der Waals surface area contributed by atoms with Crippen LogP contribution in [0.5, 0.6) is 0 Å². The molecule has 0 N–H and O–H groups in total. The molecule has 0 aromatic carbocycles.